The zero-order chi connectivity index (χ0) is 11.4. The van der Waals surface area contributed by atoms with Gasteiger partial charge < -0.3 is 10.5 Å². The molecule has 0 heterocycles. The van der Waals surface area contributed by atoms with Crippen LogP contribution in [-0.4, -0.2) is 38.4 Å². The summed E-state index contributed by atoms with van der Waals surface area (Å²) in [7, 11) is -1.95. The molecule has 14 heavy (non-hydrogen) atoms. The predicted molar refractivity (Wildman–Crippen MR) is 59.6 cm³/mol. The highest BCUT2D eigenvalue weighted by Crippen LogP contribution is 1.99. The zero-order valence-electron chi connectivity index (χ0n) is 8.48. The van der Waals surface area contributed by atoms with Gasteiger partial charge in [0.2, 0.25) is 10.0 Å². The molecule has 2 atom stereocenters. The summed E-state index contributed by atoms with van der Waals surface area (Å²) in [6, 6.07) is 0. The lowest BCUT2D eigenvalue weighted by molar-refractivity contribution is 0.122. The molecule has 0 rings (SSSR count). The van der Waals surface area contributed by atoms with Crippen molar-refractivity contribution in [1.82, 2.24) is 4.72 Å². The van der Waals surface area contributed by atoms with Gasteiger partial charge in [0, 0.05) is 13.7 Å². The molecule has 0 saturated carbocycles. The second-order valence-corrected chi connectivity index (χ2v) is 5.54. The standard InChI is InChI=1S/C7H16N2O3S2/c1-5(12-3)4-9-14(10,11)6(2)7(8)13/h5-6,9H,4H2,1-3H3,(H2,8,13). The minimum absolute atomic E-state index is 0.0393. The number of hydrogen-bond acceptors (Lipinski definition) is 4. The summed E-state index contributed by atoms with van der Waals surface area (Å²) in [4.78, 5) is -0.0393. The largest absolute Gasteiger partial charge is 0.392 e. The van der Waals surface area contributed by atoms with Crippen molar-refractivity contribution in [2.45, 2.75) is 25.2 Å². The number of methoxy groups -OCH3 is 1. The number of hydrogen-bond donors (Lipinski definition) is 2. The van der Waals surface area contributed by atoms with Crippen LogP contribution in [-0.2, 0) is 14.8 Å². The molecule has 84 valence electrons. The third kappa shape index (κ3) is 4.32. The van der Waals surface area contributed by atoms with E-state index in [0.717, 1.165) is 0 Å². The molecule has 0 spiro atoms. The van der Waals surface area contributed by atoms with Gasteiger partial charge in [0.05, 0.1) is 11.1 Å². The molecular weight excluding hydrogens is 224 g/mol. The van der Waals surface area contributed by atoms with Crippen molar-refractivity contribution in [3.05, 3.63) is 0 Å². The molecule has 0 aliphatic heterocycles. The minimum Gasteiger partial charge on any atom is -0.392 e. The van der Waals surface area contributed by atoms with Crippen molar-refractivity contribution in [2.24, 2.45) is 5.73 Å². The molecule has 2 unspecified atom stereocenters. The van der Waals surface area contributed by atoms with E-state index >= 15 is 0 Å². The Kier molecular flexibility index (Phi) is 5.50. The Hall–Kier alpha value is -0.240. The Morgan fingerprint density at radius 3 is 2.43 bits per heavy atom. The fraction of sp³-hybridized carbons (Fsp3) is 0.857. The first-order chi connectivity index (χ1) is 6.31. The van der Waals surface area contributed by atoms with Crippen molar-refractivity contribution in [2.75, 3.05) is 13.7 Å². The first-order valence-corrected chi connectivity index (χ1v) is 6.07. The molecule has 0 aliphatic carbocycles. The van der Waals surface area contributed by atoms with Gasteiger partial charge in [0.1, 0.15) is 5.25 Å². The van der Waals surface area contributed by atoms with Gasteiger partial charge in [0.25, 0.3) is 0 Å². The third-order valence-corrected chi connectivity index (χ3v) is 4.10. The lowest BCUT2D eigenvalue weighted by Gasteiger charge is -2.14. The van der Waals surface area contributed by atoms with Crippen LogP contribution in [0.5, 0.6) is 0 Å². The van der Waals surface area contributed by atoms with Gasteiger partial charge in [-0.3, -0.25) is 0 Å². The number of nitrogens with two attached hydrogens (primary N) is 1. The quantitative estimate of drug-likeness (QED) is 0.618. The normalized spacial score (nSPS) is 16.2. The van der Waals surface area contributed by atoms with Crippen molar-refractivity contribution in [3.8, 4) is 0 Å². The molecule has 0 aromatic heterocycles. The fourth-order valence-electron chi connectivity index (χ4n) is 0.595. The summed E-state index contributed by atoms with van der Waals surface area (Å²) in [6.07, 6.45) is -0.177. The van der Waals surface area contributed by atoms with Gasteiger partial charge in [0.15, 0.2) is 0 Å². The Morgan fingerprint density at radius 1 is 1.57 bits per heavy atom. The van der Waals surface area contributed by atoms with Crippen molar-refractivity contribution in [1.29, 1.82) is 0 Å². The number of rotatable bonds is 6. The van der Waals surface area contributed by atoms with Crippen LogP contribution < -0.4 is 10.5 Å². The number of ether oxygens (including phenoxy) is 1. The SMILES string of the molecule is COC(C)CNS(=O)(=O)C(C)C(N)=S. The smallest absolute Gasteiger partial charge is 0.220 e. The highest BCUT2D eigenvalue weighted by atomic mass is 32.2. The fourth-order valence-corrected chi connectivity index (χ4v) is 2.00. The molecule has 3 N–H and O–H groups in total. The van der Waals surface area contributed by atoms with Crippen LogP contribution in [0.1, 0.15) is 13.8 Å². The second-order valence-electron chi connectivity index (χ2n) is 2.98. The van der Waals surface area contributed by atoms with Crippen LogP contribution in [0.3, 0.4) is 0 Å². The topological polar surface area (TPSA) is 81.4 Å². The predicted octanol–water partition coefficient (Wildman–Crippen LogP) is -0.385. The lowest BCUT2D eigenvalue weighted by Crippen LogP contribution is -2.42. The molecule has 0 saturated heterocycles. The summed E-state index contributed by atoms with van der Waals surface area (Å²) in [5.74, 6) is 0. The molecule has 0 aromatic carbocycles. The summed E-state index contributed by atoms with van der Waals surface area (Å²) in [6.45, 7) is 3.42. The molecule has 0 aromatic rings. The number of thiocarbonyl (C=S) groups is 1. The first-order valence-electron chi connectivity index (χ1n) is 4.12. The van der Waals surface area contributed by atoms with Crippen molar-refractivity contribution in [3.63, 3.8) is 0 Å². The monoisotopic (exact) mass is 240 g/mol. The van der Waals surface area contributed by atoms with Gasteiger partial charge in [-0.05, 0) is 13.8 Å². The molecule has 0 bridgehead atoms. The number of nitrogens with one attached hydrogen (secondary N) is 1. The maximum absolute atomic E-state index is 11.5. The molecule has 7 heteroatoms. The summed E-state index contributed by atoms with van der Waals surface area (Å²) in [5.41, 5.74) is 5.24. The van der Waals surface area contributed by atoms with Crippen LogP contribution in [0.4, 0.5) is 0 Å². The highest BCUT2D eigenvalue weighted by Gasteiger charge is 2.23. The van der Waals surface area contributed by atoms with Gasteiger partial charge in [-0.2, -0.15) is 0 Å². The molecule has 0 radical (unpaired) electrons. The van der Waals surface area contributed by atoms with E-state index in [-0.39, 0.29) is 17.6 Å². The average Bonchev–Trinajstić information content (AvgIpc) is 2.12. The number of sulfonamides is 1. The molecule has 0 amide bonds. The van der Waals surface area contributed by atoms with Gasteiger partial charge in [-0.15, -0.1) is 0 Å². The zero-order valence-corrected chi connectivity index (χ0v) is 10.1. The van der Waals surface area contributed by atoms with E-state index in [2.05, 4.69) is 16.9 Å². The van der Waals surface area contributed by atoms with Crippen LogP contribution in [0.15, 0.2) is 0 Å². The van der Waals surface area contributed by atoms with E-state index in [1.165, 1.54) is 14.0 Å². The van der Waals surface area contributed by atoms with Crippen LogP contribution in [0.2, 0.25) is 0 Å². The molecule has 5 nitrogen and oxygen atoms in total. The van der Waals surface area contributed by atoms with E-state index in [1.54, 1.807) is 6.92 Å². The van der Waals surface area contributed by atoms with E-state index in [1.807, 2.05) is 0 Å². The van der Waals surface area contributed by atoms with E-state index < -0.39 is 15.3 Å². The van der Waals surface area contributed by atoms with Crippen molar-refractivity contribution < 1.29 is 13.2 Å². The second kappa shape index (κ2) is 5.59. The van der Waals surface area contributed by atoms with Gasteiger partial charge in [-0.1, -0.05) is 12.2 Å². The Balaban J connectivity index is 4.29. The summed E-state index contributed by atoms with van der Waals surface area (Å²) in [5, 5.41) is -0.860. The third-order valence-electron chi connectivity index (χ3n) is 1.84. The Labute approximate surface area is 90.1 Å². The lowest BCUT2D eigenvalue weighted by atomic mass is 10.4. The maximum Gasteiger partial charge on any atom is 0.220 e. The summed E-state index contributed by atoms with van der Waals surface area (Å²) < 4.78 is 30.2. The van der Waals surface area contributed by atoms with Gasteiger partial charge in [-0.25, -0.2) is 13.1 Å². The highest BCUT2D eigenvalue weighted by molar-refractivity contribution is 7.93. The average molecular weight is 240 g/mol. The maximum atomic E-state index is 11.5. The van der Waals surface area contributed by atoms with Crippen LogP contribution in [0.25, 0.3) is 0 Å². The van der Waals surface area contributed by atoms with Crippen molar-refractivity contribution >= 4 is 27.2 Å². The first kappa shape index (κ1) is 13.8. The molecule has 0 fully saturated rings. The molecule has 0 aliphatic rings. The van der Waals surface area contributed by atoms with E-state index in [0.29, 0.717) is 0 Å². The minimum atomic E-state index is -3.46. The Morgan fingerprint density at radius 2 is 2.07 bits per heavy atom. The van der Waals surface area contributed by atoms with Crippen LogP contribution in [0, 0.1) is 0 Å². The molecular formula is C7H16N2O3S2. The summed E-state index contributed by atoms with van der Waals surface area (Å²) >= 11 is 4.60. The van der Waals surface area contributed by atoms with Crippen LogP contribution >= 0.6 is 12.2 Å². The Bertz CT molecular complexity index is 289. The van der Waals surface area contributed by atoms with E-state index in [9.17, 15) is 8.42 Å². The van der Waals surface area contributed by atoms with E-state index in [4.69, 9.17) is 10.5 Å². The van der Waals surface area contributed by atoms with Gasteiger partial charge >= 0.3 is 0 Å².